The first-order valence-corrected chi connectivity index (χ1v) is 7.90. The lowest BCUT2D eigenvalue weighted by molar-refractivity contribution is 0.0988. The number of anilines is 1. The van der Waals surface area contributed by atoms with Gasteiger partial charge in [-0.2, -0.15) is 10.1 Å². The molecular formula is C21H18N2O2. The lowest BCUT2D eigenvalue weighted by Gasteiger charge is -2.17. The summed E-state index contributed by atoms with van der Waals surface area (Å²) >= 11 is 0. The van der Waals surface area contributed by atoms with E-state index < -0.39 is 0 Å². The number of carbonyl (C=O) groups excluding carboxylic acids is 1. The van der Waals surface area contributed by atoms with Gasteiger partial charge in [0.1, 0.15) is 5.75 Å². The van der Waals surface area contributed by atoms with E-state index in [1.165, 1.54) is 5.01 Å². The Morgan fingerprint density at radius 3 is 2.08 bits per heavy atom. The van der Waals surface area contributed by atoms with Crippen LogP contribution in [0.2, 0.25) is 0 Å². The number of ether oxygens (including phenoxy) is 1. The summed E-state index contributed by atoms with van der Waals surface area (Å²) in [6.45, 7) is 0. The molecule has 0 aromatic heterocycles. The van der Waals surface area contributed by atoms with Crippen molar-refractivity contribution in [3.63, 3.8) is 0 Å². The average Bonchev–Trinajstić information content (AvgIpc) is 2.70. The molecule has 0 N–H and O–H groups in total. The number of methoxy groups -OCH3 is 1. The maximum Gasteiger partial charge on any atom is 0.278 e. The zero-order chi connectivity index (χ0) is 17.5. The van der Waals surface area contributed by atoms with Gasteiger partial charge in [0.2, 0.25) is 0 Å². The molecule has 0 aliphatic rings. The van der Waals surface area contributed by atoms with Crippen molar-refractivity contribution in [3.05, 3.63) is 96.1 Å². The second-order valence-corrected chi connectivity index (χ2v) is 5.34. The van der Waals surface area contributed by atoms with Crippen LogP contribution < -0.4 is 9.75 Å². The molecule has 3 aromatic rings. The fourth-order valence-electron chi connectivity index (χ4n) is 2.33. The molecular weight excluding hydrogens is 312 g/mol. The molecule has 0 bridgehead atoms. The minimum absolute atomic E-state index is 0.196. The molecule has 3 rings (SSSR count). The van der Waals surface area contributed by atoms with Crippen LogP contribution in [0.4, 0.5) is 5.69 Å². The Morgan fingerprint density at radius 2 is 1.48 bits per heavy atom. The zero-order valence-corrected chi connectivity index (χ0v) is 13.9. The Balaban J connectivity index is 1.95. The van der Waals surface area contributed by atoms with Gasteiger partial charge in [-0.05, 0) is 42.0 Å². The highest BCUT2D eigenvalue weighted by Crippen LogP contribution is 2.21. The average molecular weight is 330 g/mol. The van der Waals surface area contributed by atoms with Crippen molar-refractivity contribution < 1.29 is 9.53 Å². The van der Waals surface area contributed by atoms with Gasteiger partial charge in [0.05, 0.1) is 19.0 Å². The topological polar surface area (TPSA) is 41.9 Å². The van der Waals surface area contributed by atoms with Crippen molar-refractivity contribution >= 4 is 17.8 Å². The summed E-state index contributed by atoms with van der Waals surface area (Å²) in [6, 6.07) is 26.0. The number of hydrogen-bond donors (Lipinski definition) is 0. The minimum Gasteiger partial charge on any atom is -0.497 e. The molecule has 25 heavy (non-hydrogen) atoms. The highest BCUT2D eigenvalue weighted by molar-refractivity contribution is 6.06. The molecule has 3 aromatic carbocycles. The fourth-order valence-corrected chi connectivity index (χ4v) is 2.33. The van der Waals surface area contributed by atoms with Gasteiger partial charge in [-0.1, -0.05) is 48.5 Å². The Hall–Kier alpha value is -3.40. The van der Waals surface area contributed by atoms with Crippen LogP contribution >= 0.6 is 0 Å². The van der Waals surface area contributed by atoms with Crippen molar-refractivity contribution in [1.29, 1.82) is 0 Å². The van der Waals surface area contributed by atoms with Gasteiger partial charge < -0.3 is 4.74 Å². The van der Waals surface area contributed by atoms with Crippen LogP contribution in [-0.2, 0) is 0 Å². The molecule has 0 aliphatic carbocycles. The van der Waals surface area contributed by atoms with Crippen molar-refractivity contribution in [2.24, 2.45) is 5.10 Å². The fraction of sp³-hybridized carbons (Fsp3) is 0.0476. The van der Waals surface area contributed by atoms with Crippen LogP contribution in [0.15, 0.2) is 90.0 Å². The van der Waals surface area contributed by atoms with Crippen LogP contribution in [0.25, 0.3) is 0 Å². The Kier molecular flexibility index (Phi) is 5.22. The van der Waals surface area contributed by atoms with E-state index in [1.54, 1.807) is 37.6 Å². The van der Waals surface area contributed by atoms with E-state index in [1.807, 2.05) is 60.7 Å². The van der Waals surface area contributed by atoms with Crippen LogP contribution in [0.1, 0.15) is 15.9 Å². The second-order valence-electron chi connectivity index (χ2n) is 5.34. The van der Waals surface area contributed by atoms with Gasteiger partial charge in [-0.3, -0.25) is 4.79 Å². The smallest absolute Gasteiger partial charge is 0.278 e. The molecule has 0 unspecified atom stereocenters. The second kappa shape index (κ2) is 7.93. The van der Waals surface area contributed by atoms with Crippen molar-refractivity contribution in [2.75, 3.05) is 12.1 Å². The van der Waals surface area contributed by atoms with Gasteiger partial charge in [0, 0.05) is 5.56 Å². The standard InChI is InChI=1S/C21H18N2O2/c1-25-20-14-12-19(13-15-20)23(21(24)18-10-6-3-7-11-18)22-16-17-8-4-2-5-9-17/h2-16H,1H3/b22-16+. The SMILES string of the molecule is COc1ccc(N(/N=C/c2ccccc2)C(=O)c2ccccc2)cc1. The molecule has 124 valence electrons. The van der Waals surface area contributed by atoms with Gasteiger partial charge in [-0.25, -0.2) is 0 Å². The van der Waals surface area contributed by atoms with Crippen molar-refractivity contribution in [3.8, 4) is 5.75 Å². The minimum atomic E-state index is -0.196. The van der Waals surface area contributed by atoms with Gasteiger partial charge >= 0.3 is 0 Å². The summed E-state index contributed by atoms with van der Waals surface area (Å²) in [7, 11) is 1.61. The van der Waals surface area contributed by atoms with Crippen molar-refractivity contribution in [2.45, 2.75) is 0 Å². The van der Waals surface area contributed by atoms with Crippen LogP contribution in [0.3, 0.4) is 0 Å². The molecule has 0 aliphatic heterocycles. The number of rotatable bonds is 5. The summed E-state index contributed by atoms with van der Waals surface area (Å²) in [4.78, 5) is 12.9. The molecule has 0 saturated carbocycles. The predicted octanol–water partition coefficient (Wildman–Crippen LogP) is 4.38. The van der Waals surface area contributed by atoms with E-state index in [2.05, 4.69) is 5.10 Å². The highest BCUT2D eigenvalue weighted by atomic mass is 16.5. The largest absolute Gasteiger partial charge is 0.497 e. The molecule has 0 saturated heterocycles. The molecule has 1 amide bonds. The lowest BCUT2D eigenvalue weighted by Crippen LogP contribution is -2.25. The number of benzene rings is 3. The summed E-state index contributed by atoms with van der Waals surface area (Å²) in [5, 5.41) is 5.80. The Labute approximate surface area is 147 Å². The first kappa shape index (κ1) is 16.5. The van der Waals surface area contributed by atoms with Crippen molar-refractivity contribution in [1.82, 2.24) is 0 Å². The first-order chi connectivity index (χ1) is 12.3. The monoisotopic (exact) mass is 330 g/mol. The van der Waals surface area contributed by atoms with E-state index in [0.29, 0.717) is 11.3 Å². The Morgan fingerprint density at radius 1 is 0.880 bits per heavy atom. The van der Waals surface area contributed by atoms with Crippen LogP contribution in [0, 0.1) is 0 Å². The third-order valence-corrected chi connectivity index (χ3v) is 3.65. The Bertz CT molecular complexity index is 844. The van der Waals surface area contributed by atoms with E-state index in [9.17, 15) is 4.79 Å². The normalized spacial score (nSPS) is 10.6. The summed E-state index contributed by atoms with van der Waals surface area (Å²) in [5.74, 6) is 0.529. The number of nitrogens with zero attached hydrogens (tertiary/aromatic N) is 2. The third kappa shape index (κ3) is 4.12. The number of carbonyl (C=O) groups is 1. The molecule has 4 nitrogen and oxygen atoms in total. The first-order valence-electron chi connectivity index (χ1n) is 7.90. The molecule has 0 atom stereocenters. The molecule has 0 heterocycles. The summed E-state index contributed by atoms with van der Waals surface area (Å²) in [5.41, 5.74) is 2.16. The molecule has 0 fully saturated rings. The molecule has 4 heteroatoms. The van der Waals surface area contributed by atoms with Crippen LogP contribution in [0.5, 0.6) is 5.75 Å². The van der Waals surface area contributed by atoms with Gasteiger partial charge in [0.25, 0.3) is 5.91 Å². The predicted molar refractivity (Wildman–Crippen MR) is 100 cm³/mol. The lowest BCUT2D eigenvalue weighted by atomic mass is 10.2. The molecule has 0 spiro atoms. The van der Waals surface area contributed by atoms with Gasteiger partial charge in [-0.15, -0.1) is 0 Å². The number of hydrogen-bond acceptors (Lipinski definition) is 3. The third-order valence-electron chi connectivity index (χ3n) is 3.65. The van der Waals surface area contributed by atoms with Crippen LogP contribution in [-0.4, -0.2) is 19.2 Å². The van der Waals surface area contributed by atoms with E-state index >= 15 is 0 Å². The number of hydrazone groups is 1. The highest BCUT2D eigenvalue weighted by Gasteiger charge is 2.16. The maximum atomic E-state index is 12.9. The van der Waals surface area contributed by atoms with E-state index in [4.69, 9.17) is 4.74 Å². The summed E-state index contributed by atoms with van der Waals surface area (Å²) < 4.78 is 5.18. The van der Waals surface area contributed by atoms with Gasteiger partial charge in [0.15, 0.2) is 0 Å². The quantitative estimate of drug-likeness (QED) is 0.515. The van der Waals surface area contributed by atoms with E-state index in [0.717, 1.165) is 11.3 Å². The number of amides is 1. The summed E-state index contributed by atoms with van der Waals surface area (Å²) in [6.07, 6.45) is 1.67. The zero-order valence-electron chi connectivity index (χ0n) is 13.9. The van der Waals surface area contributed by atoms with E-state index in [-0.39, 0.29) is 5.91 Å². The molecule has 0 radical (unpaired) electrons. The maximum absolute atomic E-state index is 12.9.